The van der Waals surface area contributed by atoms with Crippen LogP contribution < -0.4 is 5.76 Å². The second kappa shape index (κ2) is 4.78. The first kappa shape index (κ1) is 11.8. The summed E-state index contributed by atoms with van der Waals surface area (Å²) in [4.78, 5) is 14.1. The zero-order valence-corrected chi connectivity index (χ0v) is 10.8. The van der Waals surface area contributed by atoms with Gasteiger partial charge in [0.05, 0.1) is 12.2 Å². The summed E-state index contributed by atoms with van der Waals surface area (Å²) in [6.07, 6.45) is 3.68. The maximum absolute atomic E-state index is 11.9. The Kier molecular flexibility index (Phi) is 3.14. The van der Waals surface area contributed by atoms with Crippen LogP contribution in [0.5, 0.6) is 0 Å². The highest BCUT2D eigenvalue weighted by molar-refractivity contribution is 6.31. The first-order valence-electron chi connectivity index (χ1n) is 6.25. The van der Waals surface area contributed by atoms with Gasteiger partial charge in [0.2, 0.25) is 0 Å². The van der Waals surface area contributed by atoms with E-state index >= 15 is 0 Å². The normalized spacial score (nSPS) is 17.4. The quantitative estimate of drug-likeness (QED) is 0.839. The minimum atomic E-state index is -0.308. The minimum absolute atomic E-state index is 0.308. The number of hydrogen-bond acceptors (Lipinski definition) is 3. The average molecular weight is 267 g/mol. The summed E-state index contributed by atoms with van der Waals surface area (Å²) < 4.78 is 6.88. The van der Waals surface area contributed by atoms with Crippen molar-refractivity contribution in [3.63, 3.8) is 0 Å². The third-order valence-electron chi connectivity index (χ3n) is 3.42. The van der Waals surface area contributed by atoms with Crippen molar-refractivity contribution in [1.82, 2.24) is 9.47 Å². The van der Waals surface area contributed by atoms with E-state index in [0.29, 0.717) is 17.3 Å². The SMILES string of the molecule is O=c1oc2ccc(Cl)cc2n1CN1CCCCC1. The van der Waals surface area contributed by atoms with Crippen molar-refractivity contribution in [2.24, 2.45) is 0 Å². The van der Waals surface area contributed by atoms with Crippen LogP contribution in [-0.2, 0) is 6.67 Å². The van der Waals surface area contributed by atoms with Crippen LogP contribution in [0.2, 0.25) is 5.02 Å². The number of hydrogen-bond donors (Lipinski definition) is 0. The minimum Gasteiger partial charge on any atom is -0.408 e. The number of nitrogens with zero attached hydrogens (tertiary/aromatic N) is 2. The lowest BCUT2D eigenvalue weighted by atomic mass is 10.1. The molecule has 4 nitrogen and oxygen atoms in total. The van der Waals surface area contributed by atoms with Gasteiger partial charge in [0.25, 0.3) is 0 Å². The molecule has 0 N–H and O–H groups in total. The average Bonchev–Trinajstić information content (AvgIpc) is 2.67. The van der Waals surface area contributed by atoms with E-state index < -0.39 is 0 Å². The maximum Gasteiger partial charge on any atom is 0.421 e. The number of halogens is 1. The molecule has 1 aliphatic rings. The fourth-order valence-corrected chi connectivity index (χ4v) is 2.64. The molecule has 0 spiro atoms. The predicted octanol–water partition coefficient (Wildman–Crippen LogP) is 2.69. The molecule has 3 rings (SSSR count). The molecule has 0 aliphatic carbocycles. The van der Waals surface area contributed by atoms with E-state index in [0.717, 1.165) is 18.6 Å². The Bertz CT molecular complexity index is 611. The molecule has 0 radical (unpaired) electrons. The molecule has 2 heterocycles. The Morgan fingerprint density at radius 1 is 1.22 bits per heavy atom. The highest BCUT2D eigenvalue weighted by Crippen LogP contribution is 2.19. The summed E-state index contributed by atoms with van der Waals surface area (Å²) >= 11 is 5.97. The van der Waals surface area contributed by atoms with E-state index in [1.54, 1.807) is 22.8 Å². The van der Waals surface area contributed by atoms with Crippen LogP contribution in [0, 0.1) is 0 Å². The Hall–Kier alpha value is -1.26. The number of likely N-dealkylation sites (tertiary alicyclic amines) is 1. The molecule has 0 saturated carbocycles. The number of aromatic nitrogens is 1. The zero-order valence-electron chi connectivity index (χ0n) is 10.1. The molecule has 18 heavy (non-hydrogen) atoms. The third-order valence-corrected chi connectivity index (χ3v) is 3.65. The van der Waals surface area contributed by atoms with E-state index in [-0.39, 0.29) is 5.76 Å². The number of oxazole rings is 1. The molecule has 1 fully saturated rings. The van der Waals surface area contributed by atoms with Gasteiger partial charge in [-0.2, -0.15) is 0 Å². The first-order chi connectivity index (χ1) is 8.74. The van der Waals surface area contributed by atoms with E-state index in [2.05, 4.69) is 4.90 Å². The van der Waals surface area contributed by atoms with Gasteiger partial charge < -0.3 is 4.42 Å². The van der Waals surface area contributed by atoms with Crippen molar-refractivity contribution in [2.75, 3.05) is 13.1 Å². The number of benzene rings is 1. The lowest BCUT2D eigenvalue weighted by Crippen LogP contribution is -2.34. The van der Waals surface area contributed by atoms with Crippen molar-refractivity contribution < 1.29 is 4.42 Å². The van der Waals surface area contributed by atoms with Gasteiger partial charge in [0.1, 0.15) is 0 Å². The molecule has 1 saturated heterocycles. The lowest BCUT2D eigenvalue weighted by Gasteiger charge is -2.26. The van der Waals surface area contributed by atoms with Gasteiger partial charge in [-0.3, -0.25) is 9.47 Å². The van der Waals surface area contributed by atoms with Crippen LogP contribution >= 0.6 is 11.6 Å². The number of piperidine rings is 1. The molecule has 0 amide bonds. The van der Waals surface area contributed by atoms with Crippen LogP contribution in [0.3, 0.4) is 0 Å². The van der Waals surface area contributed by atoms with Crippen LogP contribution in [0.25, 0.3) is 11.1 Å². The van der Waals surface area contributed by atoms with Crippen molar-refractivity contribution in [2.45, 2.75) is 25.9 Å². The van der Waals surface area contributed by atoms with Crippen molar-refractivity contribution in [1.29, 1.82) is 0 Å². The lowest BCUT2D eigenvalue weighted by molar-refractivity contribution is 0.179. The summed E-state index contributed by atoms with van der Waals surface area (Å²) in [5.74, 6) is -0.308. The van der Waals surface area contributed by atoms with Crippen LogP contribution in [-0.4, -0.2) is 22.6 Å². The summed E-state index contributed by atoms with van der Waals surface area (Å²) in [6, 6.07) is 5.26. The van der Waals surface area contributed by atoms with Crippen LogP contribution in [0.4, 0.5) is 0 Å². The van der Waals surface area contributed by atoms with Gasteiger partial charge in [-0.25, -0.2) is 4.79 Å². The third kappa shape index (κ3) is 2.18. The van der Waals surface area contributed by atoms with E-state index in [1.807, 2.05) is 0 Å². The van der Waals surface area contributed by atoms with Crippen LogP contribution in [0.1, 0.15) is 19.3 Å². The molecule has 5 heteroatoms. The van der Waals surface area contributed by atoms with Gasteiger partial charge in [0, 0.05) is 5.02 Å². The first-order valence-corrected chi connectivity index (χ1v) is 6.63. The summed E-state index contributed by atoms with van der Waals surface area (Å²) in [7, 11) is 0. The fourth-order valence-electron chi connectivity index (χ4n) is 2.47. The second-order valence-electron chi connectivity index (χ2n) is 4.73. The van der Waals surface area contributed by atoms with Gasteiger partial charge in [0.15, 0.2) is 5.58 Å². The number of rotatable bonds is 2. The standard InChI is InChI=1S/C13H15ClN2O2/c14-10-4-5-12-11(8-10)16(13(17)18-12)9-15-6-2-1-3-7-15/h4-5,8H,1-3,6-7,9H2. The number of fused-ring (bicyclic) bond motifs is 1. The second-order valence-corrected chi connectivity index (χ2v) is 5.16. The maximum atomic E-state index is 11.9. The summed E-state index contributed by atoms with van der Waals surface area (Å²) in [5, 5.41) is 0.621. The molecular formula is C13H15ClN2O2. The predicted molar refractivity (Wildman–Crippen MR) is 70.9 cm³/mol. The van der Waals surface area contributed by atoms with Crippen LogP contribution in [0.15, 0.2) is 27.4 Å². The molecule has 0 unspecified atom stereocenters. The molecule has 1 aromatic carbocycles. The monoisotopic (exact) mass is 266 g/mol. The Morgan fingerprint density at radius 3 is 2.78 bits per heavy atom. The van der Waals surface area contributed by atoms with E-state index in [9.17, 15) is 4.79 Å². The zero-order chi connectivity index (χ0) is 12.5. The van der Waals surface area contributed by atoms with Gasteiger partial charge in [-0.05, 0) is 44.1 Å². The van der Waals surface area contributed by atoms with Crippen molar-refractivity contribution in [3.8, 4) is 0 Å². The Labute approximate surface area is 110 Å². The van der Waals surface area contributed by atoms with E-state index in [1.165, 1.54) is 19.3 Å². The highest BCUT2D eigenvalue weighted by Gasteiger charge is 2.15. The van der Waals surface area contributed by atoms with Crippen molar-refractivity contribution >= 4 is 22.7 Å². The largest absolute Gasteiger partial charge is 0.421 e. The molecular weight excluding hydrogens is 252 g/mol. The molecule has 96 valence electrons. The molecule has 1 aliphatic heterocycles. The van der Waals surface area contributed by atoms with E-state index in [4.69, 9.17) is 16.0 Å². The smallest absolute Gasteiger partial charge is 0.408 e. The molecule has 0 atom stereocenters. The van der Waals surface area contributed by atoms with Crippen molar-refractivity contribution in [3.05, 3.63) is 33.8 Å². The summed E-state index contributed by atoms with van der Waals surface area (Å²) in [5.41, 5.74) is 1.37. The highest BCUT2D eigenvalue weighted by atomic mass is 35.5. The van der Waals surface area contributed by atoms with Gasteiger partial charge >= 0.3 is 5.76 Å². The summed E-state index contributed by atoms with van der Waals surface area (Å²) in [6.45, 7) is 2.67. The Morgan fingerprint density at radius 2 is 2.00 bits per heavy atom. The molecule has 1 aromatic heterocycles. The van der Waals surface area contributed by atoms with Gasteiger partial charge in [-0.15, -0.1) is 0 Å². The van der Waals surface area contributed by atoms with Gasteiger partial charge in [-0.1, -0.05) is 18.0 Å². The fraction of sp³-hybridized carbons (Fsp3) is 0.462. The topological polar surface area (TPSA) is 38.4 Å². The Balaban J connectivity index is 1.97. The molecule has 2 aromatic rings. The molecule has 0 bridgehead atoms.